The van der Waals surface area contributed by atoms with Crippen LogP contribution in [0.3, 0.4) is 0 Å². The van der Waals surface area contributed by atoms with E-state index in [1.165, 1.54) is 11.2 Å². The van der Waals surface area contributed by atoms with E-state index >= 15 is 0 Å². The van der Waals surface area contributed by atoms with Gasteiger partial charge in [-0.05, 0) is 24.6 Å². The van der Waals surface area contributed by atoms with Crippen LogP contribution in [0.2, 0.25) is 5.02 Å². The number of nitrogens with zero attached hydrogens (tertiary/aromatic N) is 2. The Morgan fingerprint density at radius 2 is 2.19 bits per heavy atom. The van der Waals surface area contributed by atoms with Gasteiger partial charge >= 0.3 is 5.97 Å². The molecule has 1 heterocycles. The molecule has 0 radical (unpaired) electrons. The fraction of sp³-hybridized carbons (Fsp3) is 0.214. The standard InChI is InChI=1S/C14H14ClN3O3/c1-2-18(7-9-4-3-5-10(15)6-9)13(19)11-12(14(20)21)17-8-16-11/h3-6,8H,2,7H2,1H3,(H,16,17)(H,20,21). The lowest BCUT2D eigenvalue weighted by Gasteiger charge is -2.20. The second-order valence-electron chi connectivity index (χ2n) is 4.38. The number of nitrogens with one attached hydrogen (secondary N) is 1. The summed E-state index contributed by atoms with van der Waals surface area (Å²) < 4.78 is 0. The number of carboxylic acid groups (broad SMARTS) is 1. The summed E-state index contributed by atoms with van der Waals surface area (Å²) in [6.07, 6.45) is 1.20. The number of aromatic amines is 1. The minimum absolute atomic E-state index is 0.0913. The third kappa shape index (κ3) is 3.41. The van der Waals surface area contributed by atoms with Crippen molar-refractivity contribution in [2.24, 2.45) is 0 Å². The van der Waals surface area contributed by atoms with E-state index in [2.05, 4.69) is 9.97 Å². The molecule has 1 aromatic carbocycles. The van der Waals surface area contributed by atoms with Gasteiger partial charge in [0.1, 0.15) is 0 Å². The second-order valence-corrected chi connectivity index (χ2v) is 4.82. The number of H-pyrrole nitrogens is 1. The number of carboxylic acids is 1. The van der Waals surface area contributed by atoms with Gasteiger partial charge in [-0.1, -0.05) is 23.7 Å². The molecule has 0 unspecified atom stereocenters. The zero-order valence-electron chi connectivity index (χ0n) is 11.3. The molecule has 0 atom stereocenters. The normalized spacial score (nSPS) is 10.4. The van der Waals surface area contributed by atoms with Gasteiger partial charge in [-0.15, -0.1) is 0 Å². The molecule has 21 heavy (non-hydrogen) atoms. The molecule has 0 aliphatic carbocycles. The number of carbonyl (C=O) groups excluding carboxylic acids is 1. The topological polar surface area (TPSA) is 86.3 Å². The Balaban J connectivity index is 2.23. The van der Waals surface area contributed by atoms with Crippen molar-refractivity contribution >= 4 is 23.5 Å². The van der Waals surface area contributed by atoms with Crippen LogP contribution in [0.25, 0.3) is 0 Å². The highest BCUT2D eigenvalue weighted by atomic mass is 35.5. The molecule has 0 aliphatic rings. The van der Waals surface area contributed by atoms with Crippen molar-refractivity contribution in [3.05, 3.63) is 52.6 Å². The van der Waals surface area contributed by atoms with Crippen LogP contribution in [0.1, 0.15) is 33.5 Å². The molecular formula is C14H14ClN3O3. The lowest BCUT2D eigenvalue weighted by molar-refractivity contribution is 0.0667. The van der Waals surface area contributed by atoms with Crippen LogP contribution in [0, 0.1) is 0 Å². The maximum absolute atomic E-state index is 12.4. The Kier molecular flexibility index (Phi) is 4.59. The van der Waals surface area contributed by atoms with Crippen LogP contribution in [-0.2, 0) is 6.54 Å². The van der Waals surface area contributed by atoms with Crippen molar-refractivity contribution < 1.29 is 14.7 Å². The van der Waals surface area contributed by atoms with E-state index in [0.29, 0.717) is 18.1 Å². The molecular weight excluding hydrogens is 294 g/mol. The van der Waals surface area contributed by atoms with E-state index in [4.69, 9.17) is 16.7 Å². The Hall–Kier alpha value is -2.34. The molecule has 0 fully saturated rings. The van der Waals surface area contributed by atoms with E-state index in [-0.39, 0.29) is 11.4 Å². The summed E-state index contributed by atoms with van der Waals surface area (Å²) in [6, 6.07) is 7.16. The summed E-state index contributed by atoms with van der Waals surface area (Å²) in [7, 11) is 0. The predicted octanol–water partition coefficient (Wildman–Crippen LogP) is 2.42. The molecule has 2 aromatic rings. The maximum Gasteiger partial charge on any atom is 0.354 e. The van der Waals surface area contributed by atoms with Crippen molar-refractivity contribution in [3.8, 4) is 0 Å². The highest BCUT2D eigenvalue weighted by Crippen LogP contribution is 2.15. The number of aromatic carboxylic acids is 1. The van der Waals surface area contributed by atoms with Gasteiger partial charge in [0, 0.05) is 18.1 Å². The monoisotopic (exact) mass is 307 g/mol. The zero-order valence-corrected chi connectivity index (χ0v) is 12.1. The SMILES string of the molecule is CCN(Cc1cccc(Cl)c1)C(=O)c1nc[nH]c1C(=O)O. The first-order chi connectivity index (χ1) is 10.0. The Morgan fingerprint density at radius 3 is 2.81 bits per heavy atom. The number of amides is 1. The second kappa shape index (κ2) is 6.41. The van der Waals surface area contributed by atoms with Crippen LogP contribution < -0.4 is 0 Å². The fourth-order valence-electron chi connectivity index (χ4n) is 1.95. The minimum Gasteiger partial charge on any atom is -0.477 e. The van der Waals surface area contributed by atoms with Crippen molar-refractivity contribution in [2.75, 3.05) is 6.54 Å². The number of carbonyl (C=O) groups is 2. The molecule has 0 saturated carbocycles. The van der Waals surface area contributed by atoms with Crippen LogP contribution >= 0.6 is 11.6 Å². The van der Waals surface area contributed by atoms with Gasteiger partial charge in [0.05, 0.1) is 6.33 Å². The van der Waals surface area contributed by atoms with Crippen LogP contribution in [0.5, 0.6) is 0 Å². The first kappa shape index (κ1) is 15.1. The quantitative estimate of drug-likeness (QED) is 0.888. The summed E-state index contributed by atoms with van der Waals surface area (Å²) in [6.45, 7) is 2.58. The smallest absolute Gasteiger partial charge is 0.354 e. The summed E-state index contributed by atoms with van der Waals surface area (Å²) in [5, 5.41) is 9.61. The van der Waals surface area contributed by atoms with Gasteiger partial charge in [0.25, 0.3) is 5.91 Å². The average Bonchev–Trinajstić information content (AvgIpc) is 2.93. The predicted molar refractivity (Wildman–Crippen MR) is 77.4 cm³/mol. The van der Waals surface area contributed by atoms with Crippen LogP contribution in [0.15, 0.2) is 30.6 Å². The van der Waals surface area contributed by atoms with Gasteiger partial charge in [0.15, 0.2) is 11.4 Å². The van der Waals surface area contributed by atoms with E-state index in [1.54, 1.807) is 18.2 Å². The molecule has 0 spiro atoms. The van der Waals surface area contributed by atoms with Crippen molar-refractivity contribution in [2.45, 2.75) is 13.5 Å². The minimum atomic E-state index is -1.21. The number of halogens is 1. The highest BCUT2D eigenvalue weighted by molar-refractivity contribution is 6.30. The van der Waals surface area contributed by atoms with E-state index < -0.39 is 11.9 Å². The first-order valence-corrected chi connectivity index (χ1v) is 6.71. The lowest BCUT2D eigenvalue weighted by atomic mass is 10.2. The molecule has 0 saturated heterocycles. The van der Waals surface area contributed by atoms with Crippen LogP contribution in [0.4, 0.5) is 0 Å². The van der Waals surface area contributed by atoms with Crippen molar-refractivity contribution in [1.82, 2.24) is 14.9 Å². The lowest BCUT2D eigenvalue weighted by Crippen LogP contribution is -2.31. The summed E-state index contributed by atoms with van der Waals surface area (Å²) in [5.41, 5.74) is 0.570. The highest BCUT2D eigenvalue weighted by Gasteiger charge is 2.23. The molecule has 110 valence electrons. The summed E-state index contributed by atoms with van der Waals surface area (Å²) >= 11 is 5.92. The first-order valence-electron chi connectivity index (χ1n) is 6.33. The fourth-order valence-corrected chi connectivity index (χ4v) is 2.17. The molecule has 7 heteroatoms. The number of hydrogen-bond acceptors (Lipinski definition) is 3. The van der Waals surface area contributed by atoms with E-state index in [0.717, 1.165) is 5.56 Å². The Morgan fingerprint density at radius 1 is 1.43 bits per heavy atom. The molecule has 0 bridgehead atoms. The van der Waals surface area contributed by atoms with Gasteiger partial charge in [-0.2, -0.15) is 0 Å². The third-order valence-electron chi connectivity index (χ3n) is 2.99. The van der Waals surface area contributed by atoms with Gasteiger partial charge < -0.3 is 15.0 Å². The summed E-state index contributed by atoms with van der Waals surface area (Å²) in [4.78, 5) is 31.2. The maximum atomic E-state index is 12.4. The third-order valence-corrected chi connectivity index (χ3v) is 3.22. The number of hydrogen-bond donors (Lipinski definition) is 2. The van der Waals surface area contributed by atoms with Crippen molar-refractivity contribution in [1.29, 1.82) is 0 Å². The van der Waals surface area contributed by atoms with Gasteiger partial charge in [-0.25, -0.2) is 9.78 Å². The molecule has 6 nitrogen and oxygen atoms in total. The number of imidazole rings is 1. The number of aromatic nitrogens is 2. The molecule has 1 amide bonds. The Labute approximate surface area is 126 Å². The largest absolute Gasteiger partial charge is 0.477 e. The number of benzene rings is 1. The van der Waals surface area contributed by atoms with E-state index in [1.807, 2.05) is 13.0 Å². The molecule has 2 N–H and O–H groups in total. The molecule has 1 aromatic heterocycles. The zero-order chi connectivity index (χ0) is 15.4. The van der Waals surface area contributed by atoms with Crippen molar-refractivity contribution in [3.63, 3.8) is 0 Å². The molecule has 0 aliphatic heterocycles. The number of rotatable bonds is 5. The van der Waals surface area contributed by atoms with Gasteiger partial charge in [0.2, 0.25) is 0 Å². The summed E-state index contributed by atoms with van der Waals surface area (Å²) in [5.74, 6) is -1.65. The molecule has 2 rings (SSSR count). The Bertz CT molecular complexity index is 669. The average molecular weight is 308 g/mol. The van der Waals surface area contributed by atoms with Gasteiger partial charge in [-0.3, -0.25) is 4.79 Å². The van der Waals surface area contributed by atoms with E-state index in [9.17, 15) is 9.59 Å². The van der Waals surface area contributed by atoms with Crippen LogP contribution in [-0.4, -0.2) is 38.4 Å².